The van der Waals surface area contributed by atoms with Crippen LogP contribution in [-0.2, 0) is 0 Å². The number of thiophene rings is 1. The van der Waals surface area contributed by atoms with E-state index in [1.807, 2.05) is 30.3 Å². The number of rotatable bonds is 5. The number of benzene rings is 1. The first-order valence-electron chi connectivity index (χ1n) is 11.9. The van der Waals surface area contributed by atoms with Crippen LogP contribution in [0.5, 0.6) is 11.6 Å². The zero-order chi connectivity index (χ0) is 24.6. The highest BCUT2D eigenvalue weighted by atomic mass is 32.1. The summed E-state index contributed by atoms with van der Waals surface area (Å²) in [4.78, 5) is 38.0. The number of hydrogen-bond donors (Lipinski definition) is 3. The highest BCUT2D eigenvalue weighted by Gasteiger charge is 2.34. The Morgan fingerprint density at radius 1 is 1.11 bits per heavy atom. The van der Waals surface area contributed by atoms with E-state index >= 15 is 0 Å². The third-order valence-electron chi connectivity index (χ3n) is 6.53. The maximum Gasteiger partial charge on any atom is 0.331 e. The van der Waals surface area contributed by atoms with Crippen molar-refractivity contribution in [2.45, 2.75) is 37.8 Å². The number of para-hydroxylation sites is 1. The molecule has 3 aromatic heterocycles. The van der Waals surface area contributed by atoms with Crippen molar-refractivity contribution in [3.05, 3.63) is 65.8 Å². The number of nitrogens with two attached hydrogens (primary N) is 1. The number of nitrogens with one attached hydrogen (secondary N) is 2. The number of anilines is 3. The van der Waals surface area contributed by atoms with Crippen molar-refractivity contribution in [2.75, 3.05) is 10.2 Å². The number of amides is 3. The van der Waals surface area contributed by atoms with Gasteiger partial charge in [0, 0.05) is 24.3 Å². The standard InChI is InChI=1S/C26H24N6O3S/c27-17-8-4-5-9-18(17)30-24(33)23-22-21-19(12-13-28-25(21)36-23)32(26(34)31-22)15-10-11-20(29-14-15)35-16-6-2-1-3-7-16/h1-3,6-7,10-14,17-18H,4-5,8-9,27H2,(H,30,33)(H,31,34)/t17?,18-/m1/s1. The molecule has 4 N–H and O–H groups in total. The van der Waals surface area contributed by atoms with E-state index in [0.717, 1.165) is 31.1 Å². The molecule has 1 unspecified atom stereocenters. The quantitative estimate of drug-likeness (QED) is 0.348. The van der Waals surface area contributed by atoms with Crippen LogP contribution < -0.4 is 26.0 Å². The topological polar surface area (TPSA) is 122 Å². The molecule has 4 aromatic rings. The van der Waals surface area contributed by atoms with E-state index in [4.69, 9.17) is 10.5 Å². The predicted octanol–water partition coefficient (Wildman–Crippen LogP) is 5.17. The van der Waals surface area contributed by atoms with Crippen LogP contribution in [0.4, 0.5) is 21.9 Å². The molecule has 1 aliphatic heterocycles. The molecule has 182 valence electrons. The van der Waals surface area contributed by atoms with Crippen LogP contribution in [0.15, 0.2) is 60.9 Å². The highest BCUT2D eigenvalue weighted by Crippen LogP contribution is 2.45. The molecule has 0 saturated heterocycles. The molecule has 4 heterocycles. The van der Waals surface area contributed by atoms with Gasteiger partial charge in [-0.3, -0.25) is 9.69 Å². The number of hydrogen-bond acceptors (Lipinski definition) is 7. The smallest absolute Gasteiger partial charge is 0.331 e. The Bertz CT molecular complexity index is 1440. The fourth-order valence-electron chi connectivity index (χ4n) is 4.75. The lowest BCUT2D eigenvalue weighted by Crippen LogP contribution is -2.49. The molecule has 9 nitrogen and oxygen atoms in total. The van der Waals surface area contributed by atoms with Crippen LogP contribution in [0.3, 0.4) is 0 Å². The Hall–Kier alpha value is -4.02. The number of carbonyl (C=O) groups is 2. The zero-order valence-corrected chi connectivity index (χ0v) is 20.1. The second kappa shape index (κ2) is 9.21. The summed E-state index contributed by atoms with van der Waals surface area (Å²) >= 11 is 1.26. The molecule has 1 saturated carbocycles. The third-order valence-corrected chi connectivity index (χ3v) is 7.63. The molecule has 36 heavy (non-hydrogen) atoms. The first kappa shape index (κ1) is 22.4. The fraction of sp³-hybridized carbons (Fsp3) is 0.231. The molecule has 0 bridgehead atoms. The summed E-state index contributed by atoms with van der Waals surface area (Å²) in [6, 6.07) is 14.1. The van der Waals surface area contributed by atoms with Gasteiger partial charge < -0.3 is 21.1 Å². The fourth-order valence-corrected chi connectivity index (χ4v) is 5.77. The average Bonchev–Trinajstić information content (AvgIpc) is 3.26. The summed E-state index contributed by atoms with van der Waals surface area (Å²) in [6.45, 7) is 0. The summed E-state index contributed by atoms with van der Waals surface area (Å²) < 4.78 is 5.77. The van der Waals surface area contributed by atoms with Crippen molar-refractivity contribution in [3.8, 4) is 11.6 Å². The summed E-state index contributed by atoms with van der Waals surface area (Å²) in [6.07, 6.45) is 7.09. The van der Waals surface area contributed by atoms with Crippen molar-refractivity contribution >= 4 is 50.6 Å². The van der Waals surface area contributed by atoms with Crippen LogP contribution in [0.2, 0.25) is 0 Å². The Balaban J connectivity index is 1.31. The van der Waals surface area contributed by atoms with E-state index in [1.165, 1.54) is 16.2 Å². The molecular weight excluding hydrogens is 476 g/mol. The molecule has 1 fully saturated rings. The van der Waals surface area contributed by atoms with Crippen LogP contribution in [0.25, 0.3) is 10.2 Å². The molecule has 2 aliphatic rings. The van der Waals surface area contributed by atoms with Crippen LogP contribution >= 0.6 is 11.3 Å². The van der Waals surface area contributed by atoms with E-state index in [0.29, 0.717) is 38.4 Å². The largest absolute Gasteiger partial charge is 0.439 e. The van der Waals surface area contributed by atoms with Gasteiger partial charge in [-0.05, 0) is 37.1 Å². The molecular formula is C26H24N6O3S. The molecule has 2 atom stereocenters. The maximum atomic E-state index is 13.3. The first-order chi connectivity index (χ1) is 17.6. The number of nitrogens with zero attached hydrogens (tertiary/aromatic N) is 3. The second-order valence-electron chi connectivity index (χ2n) is 8.88. The van der Waals surface area contributed by atoms with E-state index in [9.17, 15) is 9.59 Å². The van der Waals surface area contributed by atoms with Crippen LogP contribution in [-0.4, -0.2) is 34.0 Å². The van der Waals surface area contributed by atoms with Crippen LogP contribution in [0.1, 0.15) is 35.4 Å². The van der Waals surface area contributed by atoms with Gasteiger partial charge in [0.2, 0.25) is 5.88 Å². The van der Waals surface area contributed by atoms with Gasteiger partial charge in [-0.2, -0.15) is 0 Å². The summed E-state index contributed by atoms with van der Waals surface area (Å²) in [5.41, 5.74) is 7.92. The molecule has 1 aromatic carbocycles. The lowest BCUT2D eigenvalue weighted by molar-refractivity contribution is 0.0926. The molecule has 1 aliphatic carbocycles. The minimum atomic E-state index is -0.379. The lowest BCUT2D eigenvalue weighted by atomic mass is 9.91. The highest BCUT2D eigenvalue weighted by molar-refractivity contribution is 7.21. The van der Waals surface area contributed by atoms with E-state index in [-0.39, 0.29) is 24.0 Å². The van der Waals surface area contributed by atoms with Crippen LogP contribution in [0, 0.1) is 0 Å². The summed E-state index contributed by atoms with van der Waals surface area (Å²) in [5.74, 6) is 0.852. The average molecular weight is 501 g/mol. The lowest BCUT2D eigenvalue weighted by Gasteiger charge is -2.30. The number of urea groups is 1. The molecule has 0 spiro atoms. The number of aromatic nitrogens is 2. The maximum absolute atomic E-state index is 13.3. The zero-order valence-electron chi connectivity index (χ0n) is 19.3. The van der Waals surface area contributed by atoms with Gasteiger partial charge in [-0.1, -0.05) is 31.0 Å². The number of pyridine rings is 2. The van der Waals surface area contributed by atoms with Gasteiger partial charge in [0.05, 0.1) is 28.6 Å². The minimum Gasteiger partial charge on any atom is -0.439 e. The molecule has 10 heteroatoms. The van der Waals surface area contributed by atoms with Crippen molar-refractivity contribution in [2.24, 2.45) is 5.73 Å². The minimum absolute atomic E-state index is 0.0615. The monoisotopic (exact) mass is 500 g/mol. The van der Waals surface area contributed by atoms with Crippen molar-refractivity contribution in [1.82, 2.24) is 15.3 Å². The third kappa shape index (κ3) is 4.04. The van der Waals surface area contributed by atoms with Gasteiger partial charge in [-0.25, -0.2) is 14.8 Å². The Labute approximate surface area is 211 Å². The van der Waals surface area contributed by atoms with Gasteiger partial charge in [0.1, 0.15) is 15.5 Å². The van der Waals surface area contributed by atoms with E-state index in [1.54, 1.807) is 30.6 Å². The molecule has 3 amide bonds. The van der Waals surface area contributed by atoms with Gasteiger partial charge in [0.15, 0.2) is 0 Å². The van der Waals surface area contributed by atoms with Gasteiger partial charge >= 0.3 is 6.03 Å². The number of carbonyl (C=O) groups excluding carboxylic acids is 2. The van der Waals surface area contributed by atoms with Crippen molar-refractivity contribution in [3.63, 3.8) is 0 Å². The van der Waals surface area contributed by atoms with Gasteiger partial charge in [0.25, 0.3) is 5.91 Å². The Kier molecular flexibility index (Phi) is 5.74. The summed E-state index contributed by atoms with van der Waals surface area (Å²) in [5, 5.41) is 6.72. The Morgan fingerprint density at radius 2 is 1.94 bits per heavy atom. The van der Waals surface area contributed by atoms with E-state index < -0.39 is 0 Å². The molecule has 6 rings (SSSR count). The SMILES string of the molecule is NC1CCCC[C@H]1NC(=O)c1sc2nccc3c2c1NC(=O)N3c1ccc(Oc2ccccc2)nc1. The second-order valence-corrected chi connectivity index (χ2v) is 9.88. The summed E-state index contributed by atoms with van der Waals surface area (Å²) in [7, 11) is 0. The van der Waals surface area contributed by atoms with Crippen molar-refractivity contribution < 1.29 is 14.3 Å². The Morgan fingerprint density at radius 3 is 2.72 bits per heavy atom. The first-order valence-corrected chi connectivity index (χ1v) is 12.7. The normalized spacial score (nSPS) is 19.1. The van der Waals surface area contributed by atoms with Crippen molar-refractivity contribution in [1.29, 1.82) is 0 Å². The molecule has 0 radical (unpaired) electrons. The van der Waals surface area contributed by atoms with Gasteiger partial charge in [-0.15, -0.1) is 11.3 Å². The number of ether oxygens (including phenoxy) is 1. The van der Waals surface area contributed by atoms with E-state index in [2.05, 4.69) is 20.6 Å². The predicted molar refractivity (Wildman–Crippen MR) is 139 cm³/mol.